The van der Waals surface area contributed by atoms with Gasteiger partial charge in [0.2, 0.25) is 5.91 Å². The Kier molecular flexibility index (Phi) is 5.41. The van der Waals surface area contributed by atoms with Gasteiger partial charge >= 0.3 is 0 Å². The van der Waals surface area contributed by atoms with Gasteiger partial charge < -0.3 is 5.32 Å². The van der Waals surface area contributed by atoms with Gasteiger partial charge in [-0.1, -0.05) is 31.9 Å². The third-order valence-electron chi connectivity index (χ3n) is 4.83. The van der Waals surface area contributed by atoms with Crippen LogP contribution in [-0.4, -0.2) is 39.9 Å². The van der Waals surface area contributed by atoms with Crippen molar-refractivity contribution in [2.75, 3.05) is 7.05 Å². The average Bonchev–Trinajstić information content (AvgIpc) is 3.08. The van der Waals surface area contributed by atoms with E-state index in [9.17, 15) is 4.79 Å². The third-order valence-corrected chi connectivity index (χ3v) is 4.83. The van der Waals surface area contributed by atoms with Crippen LogP contribution in [0.3, 0.4) is 0 Å². The van der Waals surface area contributed by atoms with Gasteiger partial charge in [0.1, 0.15) is 0 Å². The fraction of sp³-hybridized carbons (Fsp3) is 0.526. The molecule has 1 saturated carbocycles. The molecular weight excluding hydrogens is 300 g/mol. The fourth-order valence-electron chi connectivity index (χ4n) is 3.50. The molecule has 24 heavy (non-hydrogen) atoms. The highest BCUT2D eigenvalue weighted by molar-refractivity contribution is 5.82. The summed E-state index contributed by atoms with van der Waals surface area (Å²) in [5, 5.41) is 3.21. The van der Waals surface area contributed by atoms with Crippen LogP contribution in [0.1, 0.15) is 44.7 Å². The molecule has 0 radical (unpaired) electrons. The summed E-state index contributed by atoms with van der Waals surface area (Å²) >= 11 is 0. The highest BCUT2D eigenvalue weighted by atomic mass is 16.2. The highest BCUT2D eigenvalue weighted by Crippen LogP contribution is 2.18. The van der Waals surface area contributed by atoms with E-state index in [0.29, 0.717) is 12.6 Å². The van der Waals surface area contributed by atoms with Gasteiger partial charge in [-0.05, 0) is 38.4 Å². The zero-order chi connectivity index (χ0) is 16.9. The Bertz CT molecular complexity index is 697. The number of hydrogen-bond donors (Lipinski definition) is 1. The van der Waals surface area contributed by atoms with Crippen LogP contribution in [0.2, 0.25) is 0 Å². The number of nitrogens with zero attached hydrogens (tertiary/aromatic N) is 3. The fourth-order valence-corrected chi connectivity index (χ4v) is 3.50. The molecular formula is C19H26N4O. The van der Waals surface area contributed by atoms with Gasteiger partial charge in [0.15, 0.2) is 0 Å². The van der Waals surface area contributed by atoms with Gasteiger partial charge in [0.25, 0.3) is 0 Å². The number of hydrogen-bond acceptors (Lipinski definition) is 4. The molecule has 1 amide bonds. The molecule has 1 aromatic carbocycles. The maximum atomic E-state index is 12.6. The first-order valence-electron chi connectivity index (χ1n) is 8.88. The number of rotatable bonds is 6. The summed E-state index contributed by atoms with van der Waals surface area (Å²) in [6, 6.07) is 8.09. The second kappa shape index (κ2) is 7.71. The molecule has 1 aromatic heterocycles. The first-order valence-corrected chi connectivity index (χ1v) is 8.88. The Balaban J connectivity index is 1.66. The van der Waals surface area contributed by atoms with E-state index in [0.717, 1.165) is 36.0 Å². The quantitative estimate of drug-likeness (QED) is 0.887. The van der Waals surface area contributed by atoms with E-state index in [1.54, 1.807) is 6.20 Å². The van der Waals surface area contributed by atoms with E-state index in [1.807, 2.05) is 31.3 Å². The molecule has 1 fully saturated rings. The Labute approximate surface area is 143 Å². The van der Waals surface area contributed by atoms with Crippen molar-refractivity contribution in [3.8, 4) is 0 Å². The Morgan fingerprint density at radius 2 is 2.00 bits per heavy atom. The molecule has 1 aliphatic carbocycles. The van der Waals surface area contributed by atoms with Gasteiger partial charge in [-0.15, -0.1) is 0 Å². The number of fused-ring (bicyclic) bond motifs is 1. The zero-order valence-electron chi connectivity index (χ0n) is 14.5. The Morgan fingerprint density at radius 3 is 2.71 bits per heavy atom. The summed E-state index contributed by atoms with van der Waals surface area (Å²) in [6.45, 7) is 2.68. The number of carbonyl (C=O) groups is 1. The number of aromatic nitrogens is 2. The average molecular weight is 326 g/mol. The Morgan fingerprint density at radius 1 is 1.29 bits per heavy atom. The maximum Gasteiger partial charge on any atom is 0.237 e. The lowest BCUT2D eigenvalue weighted by Gasteiger charge is -2.27. The lowest BCUT2D eigenvalue weighted by Crippen LogP contribution is -2.47. The van der Waals surface area contributed by atoms with E-state index in [4.69, 9.17) is 0 Å². The highest BCUT2D eigenvalue weighted by Gasteiger charge is 2.25. The minimum absolute atomic E-state index is 0.126. The summed E-state index contributed by atoms with van der Waals surface area (Å²) in [4.78, 5) is 23.8. The van der Waals surface area contributed by atoms with Crippen molar-refractivity contribution in [2.45, 2.75) is 57.7 Å². The number of para-hydroxylation sites is 2. The van der Waals surface area contributed by atoms with E-state index >= 15 is 0 Å². The van der Waals surface area contributed by atoms with Gasteiger partial charge in [-0.3, -0.25) is 14.7 Å². The van der Waals surface area contributed by atoms with Crippen molar-refractivity contribution in [3.05, 3.63) is 36.2 Å². The van der Waals surface area contributed by atoms with Crippen molar-refractivity contribution in [1.82, 2.24) is 20.2 Å². The number of nitrogens with one attached hydrogen (secondary N) is 1. The predicted octanol–water partition coefficient (Wildman–Crippen LogP) is 2.90. The van der Waals surface area contributed by atoms with Crippen LogP contribution in [0.4, 0.5) is 0 Å². The van der Waals surface area contributed by atoms with Gasteiger partial charge in [0, 0.05) is 12.6 Å². The number of likely N-dealkylation sites (N-methyl/N-ethyl adjacent to an activating group) is 1. The second-order valence-corrected chi connectivity index (χ2v) is 6.68. The number of carbonyl (C=O) groups excluding carboxylic acids is 1. The van der Waals surface area contributed by atoms with Crippen molar-refractivity contribution in [3.63, 3.8) is 0 Å². The smallest absolute Gasteiger partial charge is 0.237 e. The molecule has 5 heteroatoms. The van der Waals surface area contributed by atoms with Crippen LogP contribution in [0.5, 0.6) is 0 Å². The summed E-state index contributed by atoms with van der Waals surface area (Å²) < 4.78 is 0. The third kappa shape index (κ3) is 3.90. The molecule has 2 aromatic rings. The lowest BCUT2D eigenvalue weighted by atomic mass is 10.1. The van der Waals surface area contributed by atoms with Crippen LogP contribution >= 0.6 is 0 Å². The summed E-state index contributed by atoms with van der Waals surface area (Å²) in [5.41, 5.74) is 2.69. The van der Waals surface area contributed by atoms with Crippen LogP contribution in [0, 0.1) is 0 Å². The van der Waals surface area contributed by atoms with Crippen LogP contribution in [0.25, 0.3) is 11.0 Å². The summed E-state index contributed by atoms with van der Waals surface area (Å²) in [6.07, 6.45) is 7.27. The molecule has 0 aliphatic heterocycles. The van der Waals surface area contributed by atoms with E-state index in [1.165, 1.54) is 12.8 Å². The normalized spacial score (nSPS) is 16.6. The van der Waals surface area contributed by atoms with Crippen molar-refractivity contribution < 1.29 is 4.79 Å². The summed E-state index contributed by atoms with van der Waals surface area (Å²) in [5.74, 6) is 0.139. The van der Waals surface area contributed by atoms with Gasteiger partial charge in [0.05, 0.1) is 29.0 Å². The largest absolute Gasteiger partial charge is 0.352 e. The monoisotopic (exact) mass is 326 g/mol. The van der Waals surface area contributed by atoms with E-state index in [2.05, 4.69) is 27.1 Å². The molecule has 0 spiro atoms. The van der Waals surface area contributed by atoms with Crippen LogP contribution < -0.4 is 5.32 Å². The Hall–Kier alpha value is -2.01. The molecule has 3 rings (SSSR count). The number of amides is 1. The topological polar surface area (TPSA) is 58.1 Å². The summed E-state index contributed by atoms with van der Waals surface area (Å²) in [7, 11) is 1.99. The molecule has 1 aliphatic rings. The van der Waals surface area contributed by atoms with E-state index < -0.39 is 0 Å². The zero-order valence-corrected chi connectivity index (χ0v) is 14.5. The minimum Gasteiger partial charge on any atom is -0.352 e. The molecule has 1 atom stereocenters. The molecule has 5 nitrogen and oxygen atoms in total. The van der Waals surface area contributed by atoms with Crippen molar-refractivity contribution >= 4 is 16.9 Å². The molecule has 1 N–H and O–H groups in total. The standard InChI is InChI=1S/C19H26N4O/c1-3-18(19(24)22-14-8-4-5-9-14)23(2)13-15-12-20-16-10-6-7-11-17(16)21-15/h6-7,10-12,14,18H,3-5,8-9,13H2,1-2H3,(H,22,24). The van der Waals surface area contributed by atoms with Crippen molar-refractivity contribution in [2.24, 2.45) is 0 Å². The molecule has 128 valence electrons. The first kappa shape index (κ1) is 16.8. The predicted molar refractivity (Wildman–Crippen MR) is 95.5 cm³/mol. The van der Waals surface area contributed by atoms with Gasteiger partial charge in [-0.2, -0.15) is 0 Å². The minimum atomic E-state index is -0.126. The molecule has 1 heterocycles. The van der Waals surface area contributed by atoms with Crippen molar-refractivity contribution in [1.29, 1.82) is 0 Å². The van der Waals surface area contributed by atoms with Gasteiger partial charge in [-0.25, -0.2) is 4.98 Å². The maximum absolute atomic E-state index is 12.6. The lowest BCUT2D eigenvalue weighted by molar-refractivity contribution is -0.127. The molecule has 0 saturated heterocycles. The SMILES string of the molecule is CCC(C(=O)NC1CCCC1)N(C)Cc1cnc2ccccc2n1. The first-order chi connectivity index (χ1) is 11.7. The molecule has 0 bridgehead atoms. The molecule has 1 unspecified atom stereocenters. The number of benzene rings is 1. The second-order valence-electron chi connectivity index (χ2n) is 6.68. The van der Waals surface area contributed by atoms with Crippen LogP contribution in [0.15, 0.2) is 30.5 Å². The van der Waals surface area contributed by atoms with E-state index in [-0.39, 0.29) is 11.9 Å². The van der Waals surface area contributed by atoms with Crippen LogP contribution in [-0.2, 0) is 11.3 Å².